The second-order valence-corrected chi connectivity index (χ2v) is 4.27. The van der Waals surface area contributed by atoms with E-state index in [1.54, 1.807) is 12.1 Å². The summed E-state index contributed by atoms with van der Waals surface area (Å²) in [5, 5.41) is 8.73. The highest BCUT2D eigenvalue weighted by molar-refractivity contribution is 6.33. The summed E-state index contributed by atoms with van der Waals surface area (Å²) in [6, 6.07) is 12.9. The van der Waals surface area contributed by atoms with Gasteiger partial charge in [-0.1, -0.05) is 23.7 Å². The van der Waals surface area contributed by atoms with E-state index in [1.807, 2.05) is 30.3 Å². The number of nitrogen functional groups attached to an aromatic ring is 1. The molecule has 0 saturated carbocycles. The van der Waals surface area contributed by atoms with Gasteiger partial charge in [0.05, 0.1) is 16.2 Å². The van der Waals surface area contributed by atoms with E-state index in [2.05, 4.69) is 15.2 Å². The van der Waals surface area contributed by atoms with Crippen molar-refractivity contribution in [3.05, 3.63) is 47.5 Å². The van der Waals surface area contributed by atoms with E-state index >= 15 is 0 Å². The number of rotatable bonds is 1. The molecule has 88 valence electrons. The van der Waals surface area contributed by atoms with Crippen LogP contribution < -0.4 is 5.73 Å². The average Bonchev–Trinajstić information content (AvgIpc) is 2.41. The van der Waals surface area contributed by atoms with Gasteiger partial charge in [-0.05, 0) is 30.3 Å². The molecule has 3 aromatic rings. The number of fused-ring (bicyclic) bond motifs is 1. The minimum Gasteiger partial charge on any atom is -0.398 e. The molecule has 2 aromatic carbocycles. The van der Waals surface area contributed by atoms with Crippen LogP contribution in [0.15, 0.2) is 42.5 Å². The van der Waals surface area contributed by atoms with Gasteiger partial charge in [0.1, 0.15) is 5.52 Å². The quantitative estimate of drug-likeness (QED) is 0.680. The van der Waals surface area contributed by atoms with E-state index in [9.17, 15) is 0 Å². The number of para-hydroxylation sites is 1. The zero-order valence-electron chi connectivity index (χ0n) is 9.34. The topological polar surface area (TPSA) is 64.7 Å². The van der Waals surface area contributed by atoms with Gasteiger partial charge < -0.3 is 5.73 Å². The Bertz CT molecular complexity index is 727. The van der Waals surface area contributed by atoms with Crippen molar-refractivity contribution in [1.29, 1.82) is 0 Å². The first kappa shape index (κ1) is 10.9. The Labute approximate surface area is 108 Å². The van der Waals surface area contributed by atoms with Crippen molar-refractivity contribution in [2.24, 2.45) is 0 Å². The Kier molecular flexibility index (Phi) is 2.57. The molecule has 4 nitrogen and oxygen atoms in total. The van der Waals surface area contributed by atoms with E-state index in [0.29, 0.717) is 16.5 Å². The molecule has 0 spiro atoms. The van der Waals surface area contributed by atoms with E-state index in [1.165, 1.54) is 0 Å². The maximum Gasteiger partial charge on any atom is 0.182 e. The monoisotopic (exact) mass is 256 g/mol. The molecule has 1 aromatic heterocycles. The van der Waals surface area contributed by atoms with Gasteiger partial charge in [0.15, 0.2) is 5.82 Å². The molecule has 0 unspecified atom stereocenters. The Balaban J connectivity index is 2.16. The number of nitrogens with two attached hydrogens (primary N) is 1. The van der Waals surface area contributed by atoms with Gasteiger partial charge in [0.25, 0.3) is 0 Å². The van der Waals surface area contributed by atoms with Crippen LogP contribution in [-0.4, -0.2) is 15.2 Å². The molecule has 0 aliphatic carbocycles. The highest BCUT2D eigenvalue weighted by Crippen LogP contribution is 2.24. The molecule has 18 heavy (non-hydrogen) atoms. The van der Waals surface area contributed by atoms with E-state index in [4.69, 9.17) is 17.3 Å². The van der Waals surface area contributed by atoms with Crippen molar-refractivity contribution >= 4 is 28.3 Å². The summed E-state index contributed by atoms with van der Waals surface area (Å²) in [6.45, 7) is 0. The largest absolute Gasteiger partial charge is 0.398 e. The molecule has 1 heterocycles. The van der Waals surface area contributed by atoms with Crippen molar-refractivity contribution in [1.82, 2.24) is 15.2 Å². The first-order chi connectivity index (χ1) is 8.74. The van der Waals surface area contributed by atoms with E-state index in [0.717, 1.165) is 16.6 Å². The predicted molar refractivity (Wildman–Crippen MR) is 72.2 cm³/mol. The maximum atomic E-state index is 5.88. The third-order valence-electron chi connectivity index (χ3n) is 2.61. The van der Waals surface area contributed by atoms with E-state index in [-0.39, 0.29) is 0 Å². The standard InChI is InChI=1S/C13H9ClN4/c14-9-6-5-8(7-10(9)15)13-16-11-3-1-2-4-12(11)17-18-13/h1-7H,15H2. The van der Waals surface area contributed by atoms with Gasteiger partial charge in [-0.15, -0.1) is 10.2 Å². The molecule has 0 radical (unpaired) electrons. The minimum atomic E-state index is 0.505. The lowest BCUT2D eigenvalue weighted by Crippen LogP contribution is -1.95. The van der Waals surface area contributed by atoms with Crippen molar-refractivity contribution in [2.45, 2.75) is 0 Å². The lowest BCUT2D eigenvalue weighted by atomic mass is 10.2. The van der Waals surface area contributed by atoms with Gasteiger partial charge in [0.2, 0.25) is 0 Å². The van der Waals surface area contributed by atoms with Crippen LogP contribution in [0.2, 0.25) is 5.02 Å². The Morgan fingerprint density at radius 2 is 1.72 bits per heavy atom. The number of aromatic nitrogens is 3. The van der Waals surface area contributed by atoms with Crippen LogP contribution in [0.4, 0.5) is 5.69 Å². The van der Waals surface area contributed by atoms with Crippen LogP contribution in [0.1, 0.15) is 0 Å². The van der Waals surface area contributed by atoms with Gasteiger partial charge in [-0.25, -0.2) is 4.98 Å². The number of anilines is 1. The van der Waals surface area contributed by atoms with Crippen molar-refractivity contribution in [3.63, 3.8) is 0 Å². The maximum absolute atomic E-state index is 5.88. The van der Waals surface area contributed by atoms with Crippen molar-refractivity contribution in [3.8, 4) is 11.4 Å². The fourth-order valence-electron chi connectivity index (χ4n) is 1.69. The summed E-state index contributed by atoms with van der Waals surface area (Å²) in [5.41, 5.74) is 8.64. The fourth-order valence-corrected chi connectivity index (χ4v) is 1.80. The summed E-state index contributed by atoms with van der Waals surface area (Å²) in [6.07, 6.45) is 0. The van der Waals surface area contributed by atoms with Gasteiger partial charge in [0, 0.05) is 5.56 Å². The normalized spacial score (nSPS) is 10.7. The molecular formula is C13H9ClN4. The smallest absolute Gasteiger partial charge is 0.182 e. The Hall–Kier alpha value is -2.20. The number of hydrogen-bond acceptors (Lipinski definition) is 4. The highest BCUT2D eigenvalue weighted by atomic mass is 35.5. The van der Waals surface area contributed by atoms with Gasteiger partial charge >= 0.3 is 0 Å². The Morgan fingerprint density at radius 1 is 0.944 bits per heavy atom. The number of nitrogens with zero attached hydrogens (tertiary/aromatic N) is 3. The summed E-state index contributed by atoms with van der Waals surface area (Å²) < 4.78 is 0. The summed E-state index contributed by atoms with van der Waals surface area (Å²) in [7, 11) is 0. The van der Waals surface area contributed by atoms with Crippen LogP contribution in [0.3, 0.4) is 0 Å². The van der Waals surface area contributed by atoms with Crippen molar-refractivity contribution < 1.29 is 0 Å². The molecule has 5 heteroatoms. The van der Waals surface area contributed by atoms with Gasteiger partial charge in [-0.2, -0.15) is 0 Å². The number of benzene rings is 2. The zero-order valence-corrected chi connectivity index (χ0v) is 10.1. The molecular weight excluding hydrogens is 248 g/mol. The summed E-state index contributed by atoms with van der Waals surface area (Å²) in [5.74, 6) is 0.539. The first-order valence-corrected chi connectivity index (χ1v) is 5.77. The minimum absolute atomic E-state index is 0.505. The Morgan fingerprint density at radius 3 is 2.50 bits per heavy atom. The number of hydrogen-bond donors (Lipinski definition) is 1. The molecule has 2 N–H and O–H groups in total. The SMILES string of the molecule is Nc1cc(-c2nnc3ccccc3n2)ccc1Cl. The van der Waals surface area contributed by atoms with Gasteiger partial charge in [-0.3, -0.25) is 0 Å². The highest BCUT2D eigenvalue weighted by Gasteiger charge is 2.06. The molecule has 0 fully saturated rings. The molecule has 0 amide bonds. The van der Waals surface area contributed by atoms with Crippen LogP contribution in [-0.2, 0) is 0 Å². The van der Waals surface area contributed by atoms with Crippen LogP contribution >= 0.6 is 11.6 Å². The van der Waals surface area contributed by atoms with Crippen molar-refractivity contribution in [2.75, 3.05) is 5.73 Å². The summed E-state index contributed by atoms with van der Waals surface area (Å²) in [4.78, 5) is 4.44. The third kappa shape index (κ3) is 1.87. The first-order valence-electron chi connectivity index (χ1n) is 5.39. The molecule has 0 aliphatic rings. The second kappa shape index (κ2) is 4.23. The van der Waals surface area contributed by atoms with Crippen LogP contribution in [0.25, 0.3) is 22.4 Å². The predicted octanol–water partition coefficient (Wildman–Crippen LogP) is 2.93. The van der Waals surface area contributed by atoms with Crippen LogP contribution in [0.5, 0.6) is 0 Å². The molecule has 0 atom stereocenters. The van der Waals surface area contributed by atoms with Crippen LogP contribution in [0, 0.1) is 0 Å². The molecule has 0 saturated heterocycles. The van der Waals surface area contributed by atoms with E-state index < -0.39 is 0 Å². The molecule has 3 rings (SSSR count). The molecule has 0 aliphatic heterocycles. The number of halogens is 1. The molecule has 0 bridgehead atoms. The zero-order chi connectivity index (χ0) is 12.5. The lowest BCUT2D eigenvalue weighted by Gasteiger charge is -2.03. The third-order valence-corrected chi connectivity index (χ3v) is 2.96. The summed E-state index contributed by atoms with van der Waals surface area (Å²) >= 11 is 5.88. The average molecular weight is 257 g/mol. The lowest BCUT2D eigenvalue weighted by molar-refractivity contribution is 1.03. The second-order valence-electron chi connectivity index (χ2n) is 3.86. The fraction of sp³-hybridized carbons (Fsp3) is 0.